The van der Waals surface area contributed by atoms with Crippen molar-refractivity contribution in [3.8, 4) is 5.75 Å². The molecule has 0 atom stereocenters. The van der Waals surface area contributed by atoms with Crippen LogP contribution in [0.15, 0.2) is 40.9 Å². The Kier molecular flexibility index (Phi) is 5.48. The number of hydrogen-bond donors (Lipinski definition) is 0. The van der Waals surface area contributed by atoms with Crippen LogP contribution in [0.5, 0.6) is 5.75 Å². The summed E-state index contributed by atoms with van der Waals surface area (Å²) in [6.07, 6.45) is 1.99. The smallest absolute Gasteiger partial charge is 0.275 e. The minimum absolute atomic E-state index is 0.129. The number of amides is 1. The maximum absolute atomic E-state index is 12.4. The molecule has 24 heavy (non-hydrogen) atoms. The van der Waals surface area contributed by atoms with Crippen LogP contribution in [0, 0.1) is 5.92 Å². The van der Waals surface area contributed by atoms with E-state index in [9.17, 15) is 4.79 Å². The van der Waals surface area contributed by atoms with Crippen molar-refractivity contribution in [3.63, 3.8) is 0 Å². The molecule has 0 spiro atoms. The number of benzene rings is 1. The van der Waals surface area contributed by atoms with Gasteiger partial charge < -0.3 is 18.9 Å². The fourth-order valence-corrected chi connectivity index (χ4v) is 2.75. The third kappa shape index (κ3) is 4.35. The van der Waals surface area contributed by atoms with E-state index in [0.717, 1.165) is 31.8 Å². The summed E-state index contributed by atoms with van der Waals surface area (Å²) in [5.41, 5.74) is 0.316. The Morgan fingerprint density at radius 2 is 2.04 bits per heavy atom. The van der Waals surface area contributed by atoms with Crippen LogP contribution in [0.4, 0.5) is 0 Å². The van der Waals surface area contributed by atoms with Gasteiger partial charge >= 0.3 is 0 Å². The second-order valence-corrected chi connectivity index (χ2v) is 6.02. The molecule has 0 unspecified atom stereocenters. The van der Waals surface area contributed by atoms with Gasteiger partial charge in [0.15, 0.2) is 11.5 Å². The number of rotatable bonds is 6. The van der Waals surface area contributed by atoms with Crippen LogP contribution in [-0.4, -0.2) is 42.8 Å². The maximum Gasteiger partial charge on any atom is 0.275 e. The summed E-state index contributed by atoms with van der Waals surface area (Å²) in [5.74, 6) is 1.64. The number of carbonyl (C=O) groups is 1. The molecule has 0 saturated carbocycles. The highest BCUT2D eigenvalue weighted by Crippen LogP contribution is 2.17. The first-order valence-corrected chi connectivity index (χ1v) is 8.19. The Balaban J connectivity index is 1.52. The fraction of sp³-hybridized carbons (Fsp3) is 0.444. The molecular formula is C18H22N2O4. The van der Waals surface area contributed by atoms with Crippen LogP contribution < -0.4 is 4.74 Å². The molecule has 1 aromatic carbocycles. The molecule has 2 aromatic rings. The highest BCUT2D eigenvalue weighted by atomic mass is 16.5. The van der Waals surface area contributed by atoms with E-state index < -0.39 is 0 Å². The van der Waals surface area contributed by atoms with Crippen molar-refractivity contribution in [2.75, 3.05) is 26.8 Å². The van der Waals surface area contributed by atoms with Gasteiger partial charge in [0.05, 0.1) is 0 Å². The quantitative estimate of drug-likeness (QED) is 0.815. The van der Waals surface area contributed by atoms with Crippen molar-refractivity contribution in [3.05, 3.63) is 47.9 Å². The zero-order valence-corrected chi connectivity index (χ0v) is 13.8. The van der Waals surface area contributed by atoms with Gasteiger partial charge in [0.1, 0.15) is 12.4 Å². The van der Waals surface area contributed by atoms with E-state index in [4.69, 9.17) is 14.0 Å². The van der Waals surface area contributed by atoms with Crippen molar-refractivity contribution >= 4 is 5.91 Å². The zero-order chi connectivity index (χ0) is 16.8. The van der Waals surface area contributed by atoms with Gasteiger partial charge in [-0.2, -0.15) is 0 Å². The molecule has 1 saturated heterocycles. The molecule has 1 aromatic heterocycles. The number of hydrogen-bond acceptors (Lipinski definition) is 5. The number of carbonyl (C=O) groups excluding carboxylic acids is 1. The Bertz CT molecular complexity index is 650. The summed E-state index contributed by atoms with van der Waals surface area (Å²) in [4.78, 5) is 14.1. The van der Waals surface area contributed by atoms with E-state index in [2.05, 4.69) is 5.16 Å². The summed E-state index contributed by atoms with van der Waals surface area (Å²) < 4.78 is 16.1. The van der Waals surface area contributed by atoms with Gasteiger partial charge in [0.2, 0.25) is 0 Å². The van der Waals surface area contributed by atoms with Crippen molar-refractivity contribution in [2.24, 2.45) is 5.92 Å². The van der Waals surface area contributed by atoms with Crippen molar-refractivity contribution in [1.82, 2.24) is 10.1 Å². The Morgan fingerprint density at radius 1 is 1.29 bits per heavy atom. The van der Waals surface area contributed by atoms with E-state index in [-0.39, 0.29) is 12.5 Å². The molecule has 0 N–H and O–H groups in total. The van der Waals surface area contributed by atoms with E-state index in [0.29, 0.717) is 23.9 Å². The van der Waals surface area contributed by atoms with Gasteiger partial charge in [-0.15, -0.1) is 0 Å². The second-order valence-electron chi connectivity index (χ2n) is 6.02. The lowest BCUT2D eigenvalue weighted by atomic mass is 10.00. The largest absolute Gasteiger partial charge is 0.486 e. The van der Waals surface area contributed by atoms with Crippen LogP contribution >= 0.6 is 0 Å². The molecule has 128 valence electrons. The summed E-state index contributed by atoms with van der Waals surface area (Å²) in [6.45, 7) is 2.51. The minimum atomic E-state index is -0.129. The average molecular weight is 330 g/mol. The predicted octanol–water partition coefficient (Wildman–Crippen LogP) is 2.75. The van der Waals surface area contributed by atoms with Gasteiger partial charge in [0, 0.05) is 32.9 Å². The fourth-order valence-electron chi connectivity index (χ4n) is 2.75. The molecular weight excluding hydrogens is 308 g/mol. The average Bonchev–Trinajstić information content (AvgIpc) is 3.10. The summed E-state index contributed by atoms with van der Waals surface area (Å²) >= 11 is 0. The van der Waals surface area contributed by atoms with Crippen LogP contribution in [0.25, 0.3) is 0 Å². The molecule has 0 bridgehead atoms. The first-order chi connectivity index (χ1) is 11.7. The Morgan fingerprint density at radius 3 is 2.79 bits per heavy atom. The van der Waals surface area contributed by atoms with Crippen LogP contribution in [0.1, 0.15) is 29.1 Å². The highest BCUT2D eigenvalue weighted by molar-refractivity contribution is 5.92. The number of nitrogens with zero attached hydrogens (tertiary/aromatic N) is 2. The van der Waals surface area contributed by atoms with Gasteiger partial charge in [0.25, 0.3) is 5.91 Å². The lowest BCUT2D eigenvalue weighted by molar-refractivity contribution is 0.0493. The highest BCUT2D eigenvalue weighted by Gasteiger charge is 2.22. The van der Waals surface area contributed by atoms with Crippen LogP contribution in [0.2, 0.25) is 0 Å². The number of aromatic nitrogens is 1. The van der Waals surface area contributed by atoms with Gasteiger partial charge in [-0.05, 0) is 30.9 Å². The molecule has 0 aliphatic carbocycles. The van der Waals surface area contributed by atoms with Crippen molar-refractivity contribution < 1.29 is 18.8 Å². The van der Waals surface area contributed by atoms with E-state index >= 15 is 0 Å². The lowest BCUT2D eigenvalue weighted by Gasteiger charge is -2.26. The minimum Gasteiger partial charge on any atom is -0.486 e. The van der Waals surface area contributed by atoms with Gasteiger partial charge in [-0.3, -0.25) is 4.79 Å². The molecule has 3 rings (SSSR count). The normalized spacial score (nSPS) is 15.2. The van der Waals surface area contributed by atoms with E-state index in [1.54, 1.807) is 18.0 Å². The first kappa shape index (κ1) is 16.5. The molecule has 1 aliphatic rings. The zero-order valence-electron chi connectivity index (χ0n) is 13.8. The van der Waals surface area contributed by atoms with Crippen molar-refractivity contribution in [2.45, 2.75) is 19.4 Å². The topological polar surface area (TPSA) is 64.8 Å². The maximum atomic E-state index is 12.4. The Labute approximate surface area is 141 Å². The second kappa shape index (κ2) is 7.97. The van der Waals surface area contributed by atoms with Gasteiger partial charge in [-0.25, -0.2) is 0 Å². The molecule has 1 amide bonds. The van der Waals surface area contributed by atoms with E-state index in [1.807, 2.05) is 30.3 Å². The number of ether oxygens (including phenoxy) is 2. The molecule has 0 radical (unpaired) electrons. The summed E-state index contributed by atoms with van der Waals surface area (Å²) in [5, 5.41) is 3.87. The number of para-hydroxylation sites is 1. The van der Waals surface area contributed by atoms with E-state index in [1.165, 1.54) is 0 Å². The summed E-state index contributed by atoms with van der Waals surface area (Å²) in [6, 6.07) is 11.1. The summed E-state index contributed by atoms with van der Waals surface area (Å²) in [7, 11) is 1.80. The molecule has 6 nitrogen and oxygen atoms in total. The molecule has 1 aliphatic heterocycles. The third-order valence-corrected chi connectivity index (χ3v) is 4.12. The van der Waals surface area contributed by atoms with Crippen LogP contribution in [-0.2, 0) is 11.3 Å². The monoisotopic (exact) mass is 330 g/mol. The predicted molar refractivity (Wildman–Crippen MR) is 87.8 cm³/mol. The van der Waals surface area contributed by atoms with Gasteiger partial charge in [-0.1, -0.05) is 23.4 Å². The van der Waals surface area contributed by atoms with Crippen molar-refractivity contribution in [1.29, 1.82) is 0 Å². The van der Waals surface area contributed by atoms with Crippen LogP contribution in [0.3, 0.4) is 0 Å². The molecule has 2 heterocycles. The molecule has 6 heteroatoms. The standard InChI is InChI=1S/C18H22N2O4/c1-20(12-14-7-9-22-10-8-14)18(21)17-11-16(24-19-17)13-23-15-5-3-2-4-6-15/h2-6,11,14H,7-10,12-13H2,1H3. The molecule has 1 fully saturated rings. The Hall–Kier alpha value is -2.34. The lowest BCUT2D eigenvalue weighted by Crippen LogP contribution is -2.34. The first-order valence-electron chi connectivity index (χ1n) is 8.19. The SMILES string of the molecule is CN(CC1CCOCC1)C(=O)c1cc(COc2ccccc2)on1. The third-order valence-electron chi connectivity index (χ3n) is 4.12.